The topological polar surface area (TPSA) is 59.4 Å². The maximum atomic E-state index is 13.5. The van der Waals surface area contributed by atoms with E-state index in [0.29, 0.717) is 23.9 Å². The smallest absolute Gasteiger partial charge is 0.206 e. The van der Waals surface area contributed by atoms with E-state index in [-0.39, 0.29) is 4.90 Å². The van der Waals surface area contributed by atoms with Gasteiger partial charge in [-0.15, -0.1) is 0 Å². The van der Waals surface area contributed by atoms with Crippen molar-refractivity contribution in [3.8, 4) is 0 Å². The number of fused-ring (bicyclic) bond motifs is 1. The summed E-state index contributed by atoms with van der Waals surface area (Å²) in [6.45, 7) is 0.437. The Balaban J connectivity index is 1.71. The van der Waals surface area contributed by atoms with Crippen LogP contribution < -0.4 is 0 Å². The third kappa shape index (κ3) is 3.48. The van der Waals surface area contributed by atoms with Gasteiger partial charge in [0.1, 0.15) is 11.6 Å². The lowest BCUT2D eigenvalue weighted by Crippen LogP contribution is -2.05. The molecule has 1 aliphatic heterocycles. The first kappa shape index (κ1) is 18.2. The first-order valence-corrected chi connectivity index (χ1v) is 9.90. The minimum Gasteiger partial charge on any atom is -0.280 e. The van der Waals surface area contributed by atoms with Crippen LogP contribution in [-0.2, 0) is 16.4 Å². The van der Waals surface area contributed by atoms with E-state index in [9.17, 15) is 17.2 Å². The van der Waals surface area contributed by atoms with Crippen LogP contribution in [0.25, 0.3) is 6.08 Å². The van der Waals surface area contributed by atoms with E-state index in [2.05, 4.69) is 9.98 Å². The maximum absolute atomic E-state index is 13.5. The Kier molecular flexibility index (Phi) is 4.60. The molecule has 28 heavy (non-hydrogen) atoms. The minimum atomic E-state index is -4.07. The Morgan fingerprint density at radius 2 is 1.68 bits per heavy atom. The van der Waals surface area contributed by atoms with E-state index in [1.165, 1.54) is 12.1 Å². The second kappa shape index (κ2) is 7.09. The van der Waals surface area contributed by atoms with Gasteiger partial charge in [0.25, 0.3) is 0 Å². The molecule has 1 aromatic heterocycles. The van der Waals surface area contributed by atoms with Gasteiger partial charge in [-0.3, -0.25) is 9.98 Å². The van der Waals surface area contributed by atoms with Crippen molar-refractivity contribution >= 4 is 21.6 Å². The number of hydrogen-bond donors (Lipinski definition) is 0. The highest BCUT2D eigenvalue weighted by Gasteiger charge is 2.23. The molecule has 0 spiro atoms. The molecule has 3 aromatic rings. The molecule has 0 saturated carbocycles. The third-order valence-corrected chi connectivity index (χ3v) is 6.06. The number of aliphatic imine (C=N–C) groups is 1. The van der Waals surface area contributed by atoms with Gasteiger partial charge in [-0.1, -0.05) is 12.1 Å². The van der Waals surface area contributed by atoms with E-state index in [1.54, 1.807) is 24.4 Å². The fourth-order valence-electron chi connectivity index (χ4n) is 2.96. The molecule has 0 amide bonds. The zero-order valence-corrected chi connectivity index (χ0v) is 15.3. The van der Waals surface area contributed by atoms with Crippen molar-refractivity contribution in [2.24, 2.45) is 4.99 Å². The quantitative estimate of drug-likeness (QED) is 0.664. The second-order valence-corrected chi connectivity index (χ2v) is 8.17. The Bertz CT molecular complexity index is 1200. The predicted molar refractivity (Wildman–Crippen MR) is 102 cm³/mol. The summed E-state index contributed by atoms with van der Waals surface area (Å²) in [5.74, 6) is -1.89. The molecule has 0 atom stereocenters. The number of halogens is 2. The lowest BCUT2D eigenvalue weighted by atomic mass is 10.1. The van der Waals surface area contributed by atoms with Crippen molar-refractivity contribution < 1.29 is 17.2 Å². The first-order chi connectivity index (χ1) is 13.4. The van der Waals surface area contributed by atoms with E-state index in [1.807, 2.05) is 18.2 Å². The third-order valence-electron chi connectivity index (χ3n) is 4.33. The Labute approximate surface area is 160 Å². The number of pyridine rings is 1. The second-order valence-electron chi connectivity index (χ2n) is 6.22. The molecule has 2 heterocycles. The molecule has 4 nitrogen and oxygen atoms in total. The Morgan fingerprint density at radius 1 is 0.893 bits per heavy atom. The van der Waals surface area contributed by atoms with Crippen LogP contribution in [0.15, 0.2) is 81.7 Å². The van der Waals surface area contributed by atoms with E-state index in [0.717, 1.165) is 23.4 Å². The van der Waals surface area contributed by atoms with E-state index in [4.69, 9.17) is 0 Å². The monoisotopic (exact) mass is 396 g/mol. The fourth-order valence-corrected chi connectivity index (χ4v) is 4.28. The summed E-state index contributed by atoms with van der Waals surface area (Å²) in [7, 11) is -4.07. The molecule has 7 heteroatoms. The van der Waals surface area contributed by atoms with Crippen LogP contribution in [0.2, 0.25) is 0 Å². The van der Waals surface area contributed by atoms with Crippen LogP contribution in [-0.4, -0.2) is 19.1 Å². The van der Waals surface area contributed by atoms with Gasteiger partial charge in [-0.25, -0.2) is 17.2 Å². The van der Waals surface area contributed by atoms with Crippen molar-refractivity contribution in [1.82, 2.24) is 4.98 Å². The predicted octanol–water partition coefficient (Wildman–Crippen LogP) is 4.21. The van der Waals surface area contributed by atoms with Gasteiger partial charge in [-0.2, -0.15) is 0 Å². The van der Waals surface area contributed by atoms with Crippen LogP contribution in [0.1, 0.15) is 16.8 Å². The summed E-state index contributed by atoms with van der Waals surface area (Å²) in [5, 5.41) is 0. The number of aromatic nitrogens is 1. The highest BCUT2D eigenvalue weighted by Crippen LogP contribution is 2.28. The average molecular weight is 396 g/mol. The molecule has 0 bridgehead atoms. The van der Waals surface area contributed by atoms with Crippen molar-refractivity contribution in [1.29, 1.82) is 0 Å². The summed E-state index contributed by atoms with van der Waals surface area (Å²) in [5.41, 5.74) is 2.93. The number of hydrogen-bond acceptors (Lipinski definition) is 4. The highest BCUT2D eigenvalue weighted by atomic mass is 32.2. The molecule has 140 valence electrons. The van der Waals surface area contributed by atoms with Gasteiger partial charge < -0.3 is 0 Å². The Hall–Kier alpha value is -3.19. The summed E-state index contributed by atoms with van der Waals surface area (Å²) in [6.07, 6.45) is 5.23. The zero-order chi connectivity index (χ0) is 19.7. The molecule has 1 aliphatic rings. The van der Waals surface area contributed by atoms with Gasteiger partial charge in [0, 0.05) is 17.8 Å². The van der Waals surface area contributed by atoms with Crippen molar-refractivity contribution in [3.63, 3.8) is 0 Å². The van der Waals surface area contributed by atoms with Crippen LogP contribution in [0.3, 0.4) is 0 Å². The minimum absolute atomic E-state index is 0.0444. The normalized spacial score (nSPS) is 13.6. The fraction of sp³-hybridized carbons (Fsp3) is 0.0476. The number of benzene rings is 2. The standard InChI is InChI=1S/C21H14F2N2O2S/c22-15-9-16(23)11-19(10-15)28(26,27)18-6-4-14-13-25-21(20(14)12-18)7-5-17-3-1-2-8-24-17/h1-12H,13H2/b7-5+. The first-order valence-electron chi connectivity index (χ1n) is 8.41. The molecule has 0 fully saturated rings. The molecule has 2 aromatic carbocycles. The van der Waals surface area contributed by atoms with Gasteiger partial charge in [0.2, 0.25) is 9.84 Å². The molecule has 0 radical (unpaired) electrons. The summed E-state index contributed by atoms with van der Waals surface area (Å²) >= 11 is 0. The molecule has 0 unspecified atom stereocenters. The van der Waals surface area contributed by atoms with E-state index >= 15 is 0 Å². The maximum Gasteiger partial charge on any atom is 0.206 e. The highest BCUT2D eigenvalue weighted by molar-refractivity contribution is 7.91. The molecule has 0 saturated heterocycles. The van der Waals surface area contributed by atoms with Gasteiger partial charge in [-0.05, 0) is 54.1 Å². The SMILES string of the molecule is O=S(=O)(c1cc(F)cc(F)c1)c1ccc2c(c1)C(/C=C/c1ccccn1)=NC2. The molecule has 0 N–H and O–H groups in total. The van der Waals surface area contributed by atoms with E-state index < -0.39 is 26.4 Å². The van der Waals surface area contributed by atoms with Crippen LogP contribution in [0.5, 0.6) is 0 Å². The van der Waals surface area contributed by atoms with Gasteiger partial charge in [0.05, 0.1) is 27.7 Å². The summed E-state index contributed by atoms with van der Waals surface area (Å²) in [4.78, 5) is 8.16. The summed E-state index contributed by atoms with van der Waals surface area (Å²) < 4.78 is 52.6. The van der Waals surface area contributed by atoms with Crippen LogP contribution in [0.4, 0.5) is 8.78 Å². The van der Waals surface area contributed by atoms with Crippen molar-refractivity contribution in [2.45, 2.75) is 16.3 Å². The summed E-state index contributed by atoms with van der Waals surface area (Å²) in [6, 6.07) is 12.3. The number of nitrogens with zero attached hydrogens (tertiary/aromatic N) is 2. The lowest BCUT2D eigenvalue weighted by molar-refractivity contribution is 0.567. The van der Waals surface area contributed by atoms with Gasteiger partial charge in [0.15, 0.2) is 0 Å². The zero-order valence-electron chi connectivity index (χ0n) is 14.5. The number of allylic oxidation sites excluding steroid dienone is 1. The van der Waals surface area contributed by atoms with Gasteiger partial charge >= 0.3 is 0 Å². The number of rotatable bonds is 4. The largest absolute Gasteiger partial charge is 0.280 e. The molecule has 4 rings (SSSR count). The Morgan fingerprint density at radius 3 is 2.39 bits per heavy atom. The average Bonchev–Trinajstić information content (AvgIpc) is 3.09. The van der Waals surface area contributed by atoms with Crippen molar-refractivity contribution in [2.75, 3.05) is 0 Å². The number of sulfone groups is 1. The molecule has 0 aliphatic carbocycles. The van der Waals surface area contributed by atoms with Crippen LogP contribution in [0, 0.1) is 11.6 Å². The molecular weight excluding hydrogens is 382 g/mol. The molecular formula is C21H14F2N2O2S. The van der Waals surface area contributed by atoms with Crippen LogP contribution >= 0.6 is 0 Å². The lowest BCUT2D eigenvalue weighted by Gasteiger charge is -2.08. The van der Waals surface area contributed by atoms with Crippen molar-refractivity contribution in [3.05, 3.63) is 95.3 Å².